The van der Waals surface area contributed by atoms with Crippen LogP contribution in [0.15, 0.2) is 24.5 Å². The highest BCUT2D eigenvalue weighted by molar-refractivity contribution is 5.89. The molecule has 2 aromatic rings. The van der Waals surface area contributed by atoms with E-state index in [1.807, 2.05) is 26.0 Å². The van der Waals surface area contributed by atoms with Crippen LogP contribution in [0.1, 0.15) is 28.9 Å². The average molecular weight is 355 g/mol. The molecule has 1 saturated heterocycles. The molecule has 2 amide bonds. The first-order valence-corrected chi connectivity index (χ1v) is 8.87. The molecule has 2 aromatic heterocycles. The summed E-state index contributed by atoms with van der Waals surface area (Å²) in [5.41, 5.74) is 4.16. The van der Waals surface area contributed by atoms with Crippen molar-refractivity contribution in [2.45, 2.75) is 33.2 Å². The molecule has 0 aromatic carbocycles. The SMILES string of the molecule is Cc1n[nH]c(C)c1CCN(C)C(=O)C1CC(=O)N(Cc2cccnc2)C1. The summed E-state index contributed by atoms with van der Waals surface area (Å²) in [6, 6.07) is 3.79. The molecule has 1 aliphatic rings. The summed E-state index contributed by atoms with van der Waals surface area (Å²) < 4.78 is 0. The molecule has 0 aliphatic carbocycles. The normalized spacial score (nSPS) is 17.0. The van der Waals surface area contributed by atoms with Crippen LogP contribution in [0.4, 0.5) is 0 Å². The van der Waals surface area contributed by atoms with Crippen LogP contribution in [-0.2, 0) is 22.6 Å². The van der Waals surface area contributed by atoms with E-state index in [-0.39, 0.29) is 24.2 Å². The minimum Gasteiger partial charge on any atom is -0.345 e. The zero-order chi connectivity index (χ0) is 18.7. The monoisotopic (exact) mass is 355 g/mol. The molecule has 0 radical (unpaired) electrons. The molecule has 7 heteroatoms. The van der Waals surface area contributed by atoms with E-state index in [0.29, 0.717) is 19.6 Å². The van der Waals surface area contributed by atoms with E-state index in [9.17, 15) is 9.59 Å². The number of carbonyl (C=O) groups excluding carboxylic acids is 2. The Morgan fingerprint density at radius 2 is 2.23 bits per heavy atom. The number of hydrogen-bond acceptors (Lipinski definition) is 4. The van der Waals surface area contributed by atoms with Gasteiger partial charge < -0.3 is 9.80 Å². The molecule has 1 fully saturated rings. The Hall–Kier alpha value is -2.70. The molecular formula is C19H25N5O2. The number of pyridine rings is 1. The van der Waals surface area contributed by atoms with Crippen molar-refractivity contribution in [1.82, 2.24) is 25.0 Å². The van der Waals surface area contributed by atoms with Gasteiger partial charge in [0.15, 0.2) is 0 Å². The van der Waals surface area contributed by atoms with Crippen molar-refractivity contribution in [3.63, 3.8) is 0 Å². The largest absolute Gasteiger partial charge is 0.345 e. The van der Waals surface area contributed by atoms with Crippen LogP contribution in [0.5, 0.6) is 0 Å². The van der Waals surface area contributed by atoms with Crippen molar-refractivity contribution in [3.8, 4) is 0 Å². The summed E-state index contributed by atoms with van der Waals surface area (Å²) in [6.07, 6.45) is 4.51. The number of aromatic nitrogens is 3. The maximum atomic E-state index is 12.7. The summed E-state index contributed by atoms with van der Waals surface area (Å²) in [5.74, 6) is -0.205. The number of nitrogens with one attached hydrogen (secondary N) is 1. The van der Waals surface area contributed by atoms with Gasteiger partial charge in [-0.3, -0.25) is 19.7 Å². The van der Waals surface area contributed by atoms with Gasteiger partial charge in [0.1, 0.15) is 0 Å². The predicted octanol–water partition coefficient (Wildman–Crippen LogP) is 1.47. The van der Waals surface area contributed by atoms with Crippen LogP contribution in [0, 0.1) is 19.8 Å². The van der Waals surface area contributed by atoms with Crippen LogP contribution >= 0.6 is 0 Å². The Labute approximate surface area is 153 Å². The van der Waals surface area contributed by atoms with Crippen LogP contribution in [0.25, 0.3) is 0 Å². The number of aromatic amines is 1. The Morgan fingerprint density at radius 3 is 2.88 bits per heavy atom. The van der Waals surface area contributed by atoms with Crippen LogP contribution < -0.4 is 0 Å². The van der Waals surface area contributed by atoms with Crippen molar-refractivity contribution in [3.05, 3.63) is 47.0 Å². The van der Waals surface area contributed by atoms with E-state index in [2.05, 4.69) is 15.2 Å². The van der Waals surface area contributed by atoms with Gasteiger partial charge in [-0.25, -0.2) is 0 Å². The van der Waals surface area contributed by atoms with Crippen molar-refractivity contribution in [2.75, 3.05) is 20.1 Å². The summed E-state index contributed by atoms with van der Waals surface area (Å²) in [6.45, 7) is 5.55. The number of amides is 2. The third-order valence-corrected chi connectivity index (χ3v) is 5.01. The second-order valence-corrected chi connectivity index (χ2v) is 6.96. The molecule has 0 saturated carbocycles. The third kappa shape index (κ3) is 3.92. The zero-order valence-electron chi connectivity index (χ0n) is 15.5. The van der Waals surface area contributed by atoms with Crippen molar-refractivity contribution >= 4 is 11.8 Å². The second kappa shape index (κ2) is 7.68. The fourth-order valence-electron chi connectivity index (χ4n) is 3.45. The van der Waals surface area contributed by atoms with E-state index >= 15 is 0 Å². The van der Waals surface area contributed by atoms with Gasteiger partial charge in [-0.2, -0.15) is 5.10 Å². The minimum atomic E-state index is -0.268. The summed E-state index contributed by atoms with van der Waals surface area (Å²) in [4.78, 5) is 32.6. The van der Waals surface area contributed by atoms with Gasteiger partial charge in [0.05, 0.1) is 11.6 Å². The van der Waals surface area contributed by atoms with Crippen LogP contribution in [-0.4, -0.2) is 56.9 Å². The first-order valence-electron chi connectivity index (χ1n) is 8.87. The Bertz CT molecular complexity index is 767. The molecule has 26 heavy (non-hydrogen) atoms. The highest BCUT2D eigenvalue weighted by Gasteiger charge is 2.35. The number of likely N-dealkylation sites (tertiary alicyclic amines) is 1. The fourth-order valence-corrected chi connectivity index (χ4v) is 3.45. The molecule has 0 bridgehead atoms. The smallest absolute Gasteiger partial charge is 0.227 e. The molecule has 3 rings (SSSR count). The molecular weight excluding hydrogens is 330 g/mol. The van der Waals surface area contributed by atoms with E-state index in [1.165, 1.54) is 0 Å². The van der Waals surface area contributed by atoms with Crippen molar-refractivity contribution in [1.29, 1.82) is 0 Å². The van der Waals surface area contributed by atoms with Gasteiger partial charge in [-0.1, -0.05) is 6.07 Å². The number of likely N-dealkylation sites (N-methyl/N-ethyl adjacent to an activating group) is 1. The third-order valence-electron chi connectivity index (χ3n) is 5.01. The number of rotatable bonds is 6. The number of carbonyl (C=O) groups is 2. The van der Waals surface area contributed by atoms with Gasteiger partial charge in [0.25, 0.3) is 0 Å². The number of aryl methyl sites for hydroxylation is 2. The molecule has 1 N–H and O–H groups in total. The summed E-state index contributed by atoms with van der Waals surface area (Å²) in [7, 11) is 1.81. The van der Waals surface area contributed by atoms with Gasteiger partial charge >= 0.3 is 0 Å². The fraction of sp³-hybridized carbons (Fsp3) is 0.474. The maximum absolute atomic E-state index is 12.7. The summed E-state index contributed by atoms with van der Waals surface area (Å²) >= 11 is 0. The second-order valence-electron chi connectivity index (χ2n) is 6.96. The van der Waals surface area contributed by atoms with E-state index < -0.39 is 0 Å². The standard InChI is InChI=1S/C19H25N5O2/c1-13-17(14(2)22-21-13)6-8-23(3)19(26)16-9-18(25)24(12-16)11-15-5-4-7-20-10-15/h4-5,7,10,16H,6,8-9,11-12H2,1-3H3,(H,21,22). The molecule has 0 spiro atoms. The van der Waals surface area contributed by atoms with Crippen molar-refractivity contribution < 1.29 is 9.59 Å². The lowest BCUT2D eigenvalue weighted by Crippen LogP contribution is -2.36. The van der Waals surface area contributed by atoms with Crippen molar-refractivity contribution in [2.24, 2.45) is 5.92 Å². The zero-order valence-corrected chi connectivity index (χ0v) is 15.5. The first kappa shape index (κ1) is 18.1. The number of nitrogens with zero attached hydrogens (tertiary/aromatic N) is 4. The van der Waals surface area contributed by atoms with Gasteiger partial charge in [-0.05, 0) is 37.5 Å². The molecule has 1 unspecified atom stereocenters. The lowest BCUT2D eigenvalue weighted by molar-refractivity contribution is -0.134. The molecule has 7 nitrogen and oxygen atoms in total. The maximum Gasteiger partial charge on any atom is 0.227 e. The Morgan fingerprint density at radius 1 is 1.42 bits per heavy atom. The lowest BCUT2D eigenvalue weighted by Gasteiger charge is -2.21. The highest BCUT2D eigenvalue weighted by atomic mass is 16.2. The van der Waals surface area contributed by atoms with Crippen LogP contribution in [0.2, 0.25) is 0 Å². The molecule has 1 aliphatic heterocycles. The Balaban J connectivity index is 1.55. The average Bonchev–Trinajstić information content (AvgIpc) is 3.15. The van der Waals surface area contributed by atoms with E-state index in [4.69, 9.17) is 0 Å². The van der Waals surface area contributed by atoms with E-state index in [1.54, 1.807) is 29.2 Å². The lowest BCUT2D eigenvalue weighted by atomic mass is 10.1. The van der Waals surface area contributed by atoms with Gasteiger partial charge in [0, 0.05) is 51.2 Å². The van der Waals surface area contributed by atoms with Crippen LogP contribution in [0.3, 0.4) is 0 Å². The highest BCUT2D eigenvalue weighted by Crippen LogP contribution is 2.22. The van der Waals surface area contributed by atoms with E-state index in [0.717, 1.165) is 28.9 Å². The molecule has 3 heterocycles. The topological polar surface area (TPSA) is 82.2 Å². The number of H-pyrrole nitrogens is 1. The molecule has 1 atom stereocenters. The summed E-state index contributed by atoms with van der Waals surface area (Å²) in [5, 5.41) is 7.16. The predicted molar refractivity (Wildman–Crippen MR) is 97.2 cm³/mol. The number of hydrogen-bond donors (Lipinski definition) is 1. The Kier molecular flexibility index (Phi) is 5.35. The van der Waals surface area contributed by atoms with Gasteiger partial charge in [0.2, 0.25) is 11.8 Å². The minimum absolute atomic E-state index is 0.0297. The first-order chi connectivity index (χ1) is 12.5. The van der Waals surface area contributed by atoms with Gasteiger partial charge in [-0.15, -0.1) is 0 Å². The quantitative estimate of drug-likeness (QED) is 0.851. The molecule has 138 valence electrons.